The maximum Gasteiger partial charge on any atom is 0.350 e. The van der Waals surface area contributed by atoms with Crippen molar-refractivity contribution in [2.24, 2.45) is 5.10 Å². The number of ether oxygens (including phenoxy) is 2. The van der Waals surface area contributed by atoms with Crippen molar-refractivity contribution in [3.05, 3.63) is 32.7 Å². The van der Waals surface area contributed by atoms with E-state index in [0.717, 1.165) is 11.3 Å². The molecule has 0 unspecified atom stereocenters. The topological polar surface area (TPSA) is 93.0 Å². The molecule has 0 saturated carbocycles. The SMILES string of the molecule is COC(=O)c1sc(N/N=C\c2cc(Br)c(O)c(OC)c2)nc1C. The lowest BCUT2D eigenvalue weighted by Crippen LogP contribution is -1.99. The maximum atomic E-state index is 11.5. The number of anilines is 1. The Morgan fingerprint density at radius 1 is 1.48 bits per heavy atom. The number of carbonyl (C=O) groups excluding carboxylic acids is 1. The fourth-order valence-electron chi connectivity index (χ4n) is 1.71. The Labute approximate surface area is 145 Å². The number of phenolic OH excluding ortho intramolecular Hbond substituents is 1. The van der Waals surface area contributed by atoms with Gasteiger partial charge in [-0.05, 0) is 40.5 Å². The molecule has 0 spiro atoms. The number of thiazole rings is 1. The largest absolute Gasteiger partial charge is 0.503 e. The highest BCUT2D eigenvalue weighted by molar-refractivity contribution is 9.10. The van der Waals surface area contributed by atoms with Crippen LogP contribution in [0, 0.1) is 6.92 Å². The van der Waals surface area contributed by atoms with Crippen LogP contribution in [-0.4, -0.2) is 36.5 Å². The van der Waals surface area contributed by atoms with Crippen molar-refractivity contribution in [2.45, 2.75) is 6.92 Å². The average Bonchev–Trinajstić information content (AvgIpc) is 2.90. The van der Waals surface area contributed by atoms with Gasteiger partial charge in [-0.2, -0.15) is 5.10 Å². The van der Waals surface area contributed by atoms with Crippen LogP contribution in [0.25, 0.3) is 0 Å². The first-order chi connectivity index (χ1) is 11.0. The molecule has 0 fully saturated rings. The standard InChI is InChI=1S/C14H14BrN3O4S/c1-7-12(13(20)22-3)23-14(17-7)18-16-6-8-4-9(15)11(19)10(5-8)21-2/h4-6,19H,1-3H3,(H,17,18)/b16-6-. The number of nitrogens with zero attached hydrogens (tertiary/aromatic N) is 2. The summed E-state index contributed by atoms with van der Waals surface area (Å²) in [4.78, 5) is 16.1. The number of carbonyl (C=O) groups is 1. The summed E-state index contributed by atoms with van der Waals surface area (Å²) in [5, 5.41) is 14.3. The van der Waals surface area contributed by atoms with Crippen LogP contribution < -0.4 is 10.2 Å². The fraction of sp³-hybridized carbons (Fsp3) is 0.214. The minimum absolute atomic E-state index is 0.0240. The first-order valence-electron chi connectivity index (χ1n) is 6.37. The van der Waals surface area contributed by atoms with Crippen LogP contribution in [0.5, 0.6) is 11.5 Å². The van der Waals surface area contributed by atoms with Crippen LogP contribution in [0.4, 0.5) is 5.13 Å². The molecule has 1 aromatic heterocycles. The summed E-state index contributed by atoms with van der Waals surface area (Å²) in [6.07, 6.45) is 1.54. The van der Waals surface area contributed by atoms with Gasteiger partial charge in [-0.1, -0.05) is 11.3 Å². The molecule has 0 radical (unpaired) electrons. The Morgan fingerprint density at radius 2 is 2.22 bits per heavy atom. The van der Waals surface area contributed by atoms with Crippen LogP contribution in [-0.2, 0) is 4.74 Å². The van der Waals surface area contributed by atoms with E-state index in [-0.39, 0.29) is 5.75 Å². The van der Waals surface area contributed by atoms with Crippen LogP contribution in [0.2, 0.25) is 0 Å². The summed E-state index contributed by atoms with van der Waals surface area (Å²) >= 11 is 4.39. The third kappa shape index (κ3) is 3.99. The van der Waals surface area contributed by atoms with E-state index in [2.05, 4.69) is 36.2 Å². The number of esters is 1. The highest BCUT2D eigenvalue weighted by Gasteiger charge is 2.15. The highest BCUT2D eigenvalue weighted by Crippen LogP contribution is 2.34. The lowest BCUT2D eigenvalue weighted by Gasteiger charge is -2.06. The third-order valence-electron chi connectivity index (χ3n) is 2.81. The molecular weight excluding hydrogens is 386 g/mol. The molecule has 0 saturated heterocycles. The smallest absolute Gasteiger partial charge is 0.350 e. The van der Waals surface area contributed by atoms with E-state index in [1.807, 2.05) is 0 Å². The molecule has 23 heavy (non-hydrogen) atoms. The van der Waals surface area contributed by atoms with E-state index < -0.39 is 5.97 Å². The number of rotatable bonds is 5. The quantitative estimate of drug-likeness (QED) is 0.455. The number of aromatic hydroxyl groups is 1. The van der Waals surface area contributed by atoms with Gasteiger partial charge in [-0.3, -0.25) is 5.43 Å². The number of aryl methyl sites for hydroxylation is 1. The molecule has 2 N–H and O–H groups in total. The molecular formula is C14H14BrN3O4S. The second-order valence-electron chi connectivity index (χ2n) is 4.35. The van der Waals surface area contributed by atoms with Crippen molar-refractivity contribution in [3.8, 4) is 11.5 Å². The molecule has 0 aliphatic carbocycles. The van der Waals surface area contributed by atoms with Crippen molar-refractivity contribution < 1.29 is 19.4 Å². The molecule has 1 heterocycles. The molecule has 0 aliphatic rings. The highest BCUT2D eigenvalue weighted by atomic mass is 79.9. The van der Waals surface area contributed by atoms with Gasteiger partial charge in [0.05, 0.1) is 30.6 Å². The summed E-state index contributed by atoms with van der Waals surface area (Å²) < 4.78 is 10.2. The second-order valence-corrected chi connectivity index (χ2v) is 6.20. The Hall–Kier alpha value is -2.13. The lowest BCUT2D eigenvalue weighted by molar-refractivity contribution is 0.0605. The van der Waals surface area contributed by atoms with E-state index in [0.29, 0.717) is 31.5 Å². The van der Waals surface area contributed by atoms with Gasteiger partial charge in [0.25, 0.3) is 0 Å². The minimum atomic E-state index is -0.427. The van der Waals surface area contributed by atoms with E-state index >= 15 is 0 Å². The van der Waals surface area contributed by atoms with Gasteiger partial charge < -0.3 is 14.6 Å². The van der Waals surface area contributed by atoms with E-state index in [9.17, 15) is 9.90 Å². The zero-order valence-corrected chi connectivity index (χ0v) is 15.0. The summed E-state index contributed by atoms with van der Waals surface area (Å²) in [5.74, 6) is -0.0704. The summed E-state index contributed by atoms with van der Waals surface area (Å²) in [6.45, 7) is 1.72. The fourth-order valence-corrected chi connectivity index (χ4v) is 3.01. The number of nitrogens with one attached hydrogen (secondary N) is 1. The Balaban J connectivity index is 2.13. The Kier molecular flexibility index (Phi) is 5.56. The van der Waals surface area contributed by atoms with Gasteiger partial charge in [0.1, 0.15) is 4.88 Å². The van der Waals surface area contributed by atoms with Crippen LogP contribution in [0.1, 0.15) is 20.9 Å². The Bertz CT molecular complexity index is 761. The lowest BCUT2D eigenvalue weighted by atomic mass is 10.2. The number of halogens is 1. The number of benzene rings is 1. The molecule has 0 bridgehead atoms. The summed E-state index contributed by atoms with van der Waals surface area (Å²) in [7, 11) is 2.79. The van der Waals surface area contributed by atoms with Gasteiger partial charge in [-0.25, -0.2) is 9.78 Å². The van der Waals surface area contributed by atoms with Gasteiger partial charge in [0.15, 0.2) is 11.5 Å². The van der Waals surface area contributed by atoms with Crippen molar-refractivity contribution in [2.75, 3.05) is 19.6 Å². The minimum Gasteiger partial charge on any atom is -0.503 e. The zero-order chi connectivity index (χ0) is 17.0. The first kappa shape index (κ1) is 17.2. The summed E-state index contributed by atoms with van der Waals surface area (Å²) in [6, 6.07) is 3.33. The monoisotopic (exact) mass is 399 g/mol. The van der Waals surface area contributed by atoms with Gasteiger partial charge in [0, 0.05) is 0 Å². The van der Waals surface area contributed by atoms with Crippen molar-refractivity contribution >= 4 is 44.6 Å². The van der Waals surface area contributed by atoms with Crippen LogP contribution in [0.3, 0.4) is 0 Å². The zero-order valence-electron chi connectivity index (χ0n) is 12.6. The predicted molar refractivity (Wildman–Crippen MR) is 91.8 cm³/mol. The maximum absolute atomic E-state index is 11.5. The third-order valence-corrected chi connectivity index (χ3v) is 4.46. The summed E-state index contributed by atoms with van der Waals surface area (Å²) in [5.41, 5.74) is 4.04. The number of methoxy groups -OCH3 is 2. The average molecular weight is 400 g/mol. The van der Waals surface area contributed by atoms with Crippen molar-refractivity contribution in [3.63, 3.8) is 0 Å². The van der Waals surface area contributed by atoms with E-state index in [1.165, 1.54) is 14.2 Å². The van der Waals surface area contributed by atoms with Gasteiger partial charge >= 0.3 is 5.97 Å². The molecule has 1 aromatic carbocycles. The molecule has 0 atom stereocenters. The van der Waals surface area contributed by atoms with Crippen LogP contribution >= 0.6 is 27.3 Å². The number of hydrogen-bond donors (Lipinski definition) is 2. The van der Waals surface area contributed by atoms with Gasteiger partial charge in [-0.15, -0.1) is 0 Å². The molecule has 0 aliphatic heterocycles. The van der Waals surface area contributed by atoms with Gasteiger partial charge in [0.2, 0.25) is 5.13 Å². The molecule has 2 rings (SSSR count). The second kappa shape index (κ2) is 7.42. The number of aromatic nitrogens is 1. The van der Waals surface area contributed by atoms with Crippen molar-refractivity contribution in [1.29, 1.82) is 0 Å². The van der Waals surface area contributed by atoms with Crippen molar-refractivity contribution in [1.82, 2.24) is 4.98 Å². The molecule has 122 valence electrons. The number of hydrogen-bond acceptors (Lipinski definition) is 8. The molecule has 7 nitrogen and oxygen atoms in total. The van der Waals surface area contributed by atoms with E-state index in [1.54, 1.807) is 25.3 Å². The van der Waals surface area contributed by atoms with E-state index in [4.69, 9.17) is 4.74 Å². The van der Waals surface area contributed by atoms with Crippen LogP contribution in [0.15, 0.2) is 21.7 Å². The molecule has 0 amide bonds. The number of phenols is 1. The Morgan fingerprint density at radius 3 is 2.87 bits per heavy atom. The number of hydrazone groups is 1. The predicted octanol–water partition coefficient (Wildman–Crippen LogP) is 3.16. The molecule has 2 aromatic rings. The first-order valence-corrected chi connectivity index (χ1v) is 7.98. The molecule has 9 heteroatoms. The normalized spacial score (nSPS) is 10.8.